The molecule has 2 atom stereocenters. The largest absolute Gasteiger partial charge is 0.414 e. The summed E-state index contributed by atoms with van der Waals surface area (Å²) >= 11 is 0. The third kappa shape index (κ3) is 6.86. The third-order valence-electron chi connectivity index (χ3n) is 5.39. The van der Waals surface area contributed by atoms with Gasteiger partial charge in [0.05, 0.1) is 0 Å². The van der Waals surface area contributed by atoms with Crippen molar-refractivity contribution in [1.82, 2.24) is 0 Å². The molecule has 1 aliphatic carbocycles. The molecule has 2 heteroatoms. The summed E-state index contributed by atoms with van der Waals surface area (Å²) in [5, 5.41) is 0. The van der Waals surface area contributed by atoms with E-state index in [2.05, 4.69) is 27.7 Å². The van der Waals surface area contributed by atoms with Gasteiger partial charge in [-0.25, -0.2) is 0 Å². The quantitative estimate of drug-likeness (QED) is 0.376. The Bertz CT molecular complexity index is 232. The zero-order chi connectivity index (χ0) is 15.6. The van der Waals surface area contributed by atoms with E-state index in [9.17, 15) is 0 Å². The van der Waals surface area contributed by atoms with Crippen molar-refractivity contribution in [2.75, 3.05) is 0 Å². The second kappa shape index (κ2) is 10.8. The molecule has 0 aromatic rings. The molecule has 0 amide bonds. The highest BCUT2D eigenvalue weighted by Crippen LogP contribution is 2.36. The van der Waals surface area contributed by atoms with E-state index in [4.69, 9.17) is 4.43 Å². The van der Waals surface area contributed by atoms with Crippen LogP contribution in [0.1, 0.15) is 91.9 Å². The molecule has 0 spiro atoms. The number of hydrogen-bond acceptors (Lipinski definition) is 1. The molecule has 0 bridgehead atoms. The standard InChI is InChI=1S/C19H40OSi/c1-5-8-15-21(16-9-6-2,17-10-7-3)20-19-14-12-11-13-18(19)4/h18-19H,5-17H2,1-4H3/t18-,19-/m1/s1. The lowest BCUT2D eigenvalue weighted by molar-refractivity contribution is 0.0898. The average molecular weight is 313 g/mol. The highest BCUT2D eigenvalue weighted by molar-refractivity contribution is 6.73. The molecule has 1 fully saturated rings. The Labute approximate surface area is 135 Å². The number of unbranched alkanes of at least 4 members (excludes halogenated alkanes) is 3. The van der Waals surface area contributed by atoms with Gasteiger partial charge >= 0.3 is 0 Å². The van der Waals surface area contributed by atoms with Crippen molar-refractivity contribution in [3.8, 4) is 0 Å². The van der Waals surface area contributed by atoms with Crippen LogP contribution >= 0.6 is 0 Å². The summed E-state index contributed by atoms with van der Waals surface area (Å²) in [6.07, 6.45) is 14.3. The first-order chi connectivity index (χ1) is 10.2. The topological polar surface area (TPSA) is 9.23 Å². The Morgan fingerprint density at radius 2 is 1.29 bits per heavy atom. The summed E-state index contributed by atoms with van der Waals surface area (Å²) in [6.45, 7) is 9.44. The second-order valence-electron chi connectivity index (χ2n) is 7.41. The van der Waals surface area contributed by atoms with Crippen LogP contribution < -0.4 is 0 Å². The van der Waals surface area contributed by atoms with Crippen LogP contribution in [-0.4, -0.2) is 14.4 Å². The van der Waals surface area contributed by atoms with Gasteiger partial charge in [0, 0.05) is 6.10 Å². The SMILES string of the molecule is CCCC[Si](CCCC)(CCCC)O[C@@H]1CCCC[C@H]1C. The molecule has 126 valence electrons. The maximum absolute atomic E-state index is 7.04. The van der Waals surface area contributed by atoms with Crippen molar-refractivity contribution >= 4 is 8.32 Å². The van der Waals surface area contributed by atoms with Crippen molar-refractivity contribution < 1.29 is 4.43 Å². The predicted molar refractivity (Wildman–Crippen MR) is 97.4 cm³/mol. The lowest BCUT2D eigenvalue weighted by Gasteiger charge is -2.40. The lowest BCUT2D eigenvalue weighted by Crippen LogP contribution is -2.44. The summed E-state index contributed by atoms with van der Waals surface area (Å²) in [4.78, 5) is 0. The van der Waals surface area contributed by atoms with E-state index < -0.39 is 8.32 Å². The zero-order valence-electron chi connectivity index (χ0n) is 15.3. The second-order valence-corrected chi connectivity index (χ2v) is 11.5. The van der Waals surface area contributed by atoms with Crippen LogP contribution in [-0.2, 0) is 4.43 Å². The fourth-order valence-corrected chi connectivity index (χ4v) is 8.92. The van der Waals surface area contributed by atoms with Gasteiger partial charge in [0.25, 0.3) is 0 Å². The Morgan fingerprint density at radius 3 is 1.71 bits per heavy atom. The molecule has 0 unspecified atom stereocenters. The van der Waals surface area contributed by atoms with Crippen LogP contribution in [0.3, 0.4) is 0 Å². The first-order valence-corrected chi connectivity index (χ1v) is 12.4. The van der Waals surface area contributed by atoms with Crippen molar-refractivity contribution in [1.29, 1.82) is 0 Å². The molecule has 21 heavy (non-hydrogen) atoms. The molecular weight excluding hydrogens is 272 g/mol. The highest BCUT2D eigenvalue weighted by atomic mass is 28.4. The first-order valence-electron chi connectivity index (χ1n) is 9.85. The minimum Gasteiger partial charge on any atom is -0.414 e. The van der Waals surface area contributed by atoms with E-state index >= 15 is 0 Å². The van der Waals surface area contributed by atoms with Gasteiger partial charge in [-0.15, -0.1) is 0 Å². The van der Waals surface area contributed by atoms with Gasteiger partial charge in [-0.3, -0.25) is 0 Å². The van der Waals surface area contributed by atoms with Crippen LogP contribution in [0.5, 0.6) is 0 Å². The minimum atomic E-state index is -1.49. The van der Waals surface area contributed by atoms with Crippen molar-refractivity contribution in [3.05, 3.63) is 0 Å². The molecule has 0 aromatic heterocycles. The molecular formula is C19H40OSi. The molecule has 0 saturated heterocycles. The molecule has 0 heterocycles. The Kier molecular flexibility index (Phi) is 9.91. The van der Waals surface area contributed by atoms with Gasteiger partial charge < -0.3 is 4.43 Å². The summed E-state index contributed by atoms with van der Waals surface area (Å²) in [6, 6.07) is 4.27. The van der Waals surface area contributed by atoms with Gasteiger partial charge in [-0.05, 0) is 36.9 Å². The van der Waals surface area contributed by atoms with Crippen LogP contribution in [0.4, 0.5) is 0 Å². The monoisotopic (exact) mass is 312 g/mol. The fourth-order valence-electron chi connectivity index (χ4n) is 3.83. The van der Waals surface area contributed by atoms with Crippen LogP contribution in [0.15, 0.2) is 0 Å². The molecule has 1 nitrogen and oxygen atoms in total. The van der Waals surface area contributed by atoms with Crippen LogP contribution in [0.25, 0.3) is 0 Å². The van der Waals surface area contributed by atoms with E-state index in [1.54, 1.807) is 0 Å². The van der Waals surface area contributed by atoms with Gasteiger partial charge in [-0.1, -0.05) is 79.1 Å². The van der Waals surface area contributed by atoms with Gasteiger partial charge in [0.1, 0.15) is 0 Å². The van der Waals surface area contributed by atoms with E-state index in [1.165, 1.54) is 82.3 Å². The number of rotatable bonds is 11. The van der Waals surface area contributed by atoms with Crippen molar-refractivity contribution in [3.63, 3.8) is 0 Å². The lowest BCUT2D eigenvalue weighted by atomic mass is 9.88. The van der Waals surface area contributed by atoms with E-state index in [-0.39, 0.29) is 0 Å². The molecule has 1 saturated carbocycles. The first kappa shape index (κ1) is 19.2. The van der Waals surface area contributed by atoms with Gasteiger partial charge in [-0.2, -0.15) is 0 Å². The zero-order valence-corrected chi connectivity index (χ0v) is 16.3. The maximum Gasteiger partial charge on any atom is 0.193 e. The fraction of sp³-hybridized carbons (Fsp3) is 1.00. The summed E-state index contributed by atoms with van der Waals surface area (Å²) in [7, 11) is -1.49. The van der Waals surface area contributed by atoms with Crippen LogP contribution in [0.2, 0.25) is 18.1 Å². The van der Waals surface area contributed by atoms with E-state index in [0.717, 1.165) is 5.92 Å². The number of hydrogen-bond donors (Lipinski definition) is 0. The normalized spacial score (nSPS) is 23.4. The summed E-state index contributed by atoms with van der Waals surface area (Å²) < 4.78 is 7.04. The predicted octanol–water partition coefficient (Wildman–Crippen LogP) is 6.93. The third-order valence-corrected chi connectivity index (χ3v) is 9.99. The van der Waals surface area contributed by atoms with E-state index in [1.807, 2.05) is 0 Å². The Morgan fingerprint density at radius 1 is 0.810 bits per heavy atom. The van der Waals surface area contributed by atoms with Gasteiger partial charge in [0.15, 0.2) is 8.32 Å². The molecule has 0 aliphatic heterocycles. The van der Waals surface area contributed by atoms with Crippen LogP contribution in [0, 0.1) is 5.92 Å². The smallest absolute Gasteiger partial charge is 0.193 e. The minimum absolute atomic E-state index is 0.594. The van der Waals surface area contributed by atoms with Crippen molar-refractivity contribution in [2.45, 2.75) is 116 Å². The maximum atomic E-state index is 7.04. The van der Waals surface area contributed by atoms with E-state index in [0.29, 0.717) is 6.10 Å². The molecule has 0 aromatic carbocycles. The summed E-state index contributed by atoms with van der Waals surface area (Å²) in [5.74, 6) is 0.801. The molecule has 0 N–H and O–H groups in total. The highest BCUT2D eigenvalue weighted by Gasteiger charge is 2.37. The molecule has 1 aliphatic rings. The van der Waals surface area contributed by atoms with Crippen molar-refractivity contribution in [2.24, 2.45) is 5.92 Å². The molecule has 1 rings (SSSR count). The average Bonchev–Trinajstić information content (AvgIpc) is 2.51. The Hall–Kier alpha value is 0.177. The summed E-state index contributed by atoms with van der Waals surface area (Å²) in [5.41, 5.74) is 0. The molecule has 0 radical (unpaired) electrons. The Balaban J connectivity index is 2.73. The van der Waals surface area contributed by atoms with Gasteiger partial charge in [0.2, 0.25) is 0 Å².